The summed E-state index contributed by atoms with van der Waals surface area (Å²) in [5.41, 5.74) is 0. The molecule has 0 aliphatic heterocycles. The molecule has 1 aliphatic rings. The van der Waals surface area contributed by atoms with Gasteiger partial charge >= 0.3 is 0 Å². The van der Waals surface area contributed by atoms with Crippen molar-refractivity contribution in [2.24, 2.45) is 23.7 Å². The van der Waals surface area contributed by atoms with Crippen LogP contribution in [0.5, 0.6) is 0 Å². The highest BCUT2D eigenvalue weighted by molar-refractivity contribution is 4.80. The minimum Gasteiger partial charge on any atom is -0.316 e. The number of nitrogens with one attached hydrogen (secondary N) is 1. The van der Waals surface area contributed by atoms with Gasteiger partial charge in [0.1, 0.15) is 0 Å². The van der Waals surface area contributed by atoms with Crippen molar-refractivity contribution in [2.75, 3.05) is 13.1 Å². The van der Waals surface area contributed by atoms with Crippen molar-refractivity contribution in [3.63, 3.8) is 0 Å². The van der Waals surface area contributed by atoms with Crippen LogP contribution in [0.1, 0.15) is 72.1 Å². The van der Waals surface area contributed by atoms with Gasteiger partial charge in [-0.2, -0.15) is 0 Å². The Morgan fingerprint density at radius 3 is 2.65 bits per heavy atom. The maximum absolute atomic E-state index is 3.81. The normalized spacial score (nSPS) is 26.9. The molecule has 3 unspecified atom stereocenters. The molecule has 0 spiro atoms. The Kier molecular flexibility index (Phi) is 9.26. The Morgan fingerprint density at radius 2 is 1.95 bits per heavy atom. The van der Waals surface area contributed by atoms with E-state index < -0.39 is 0 Å². The molecule has 1 nitrogen and oxygen atoms in total. The molecule has 0 bridgehead atoms. The van der Waals surface area contributed by atoms with Crippen molar-refractivity contribution < 1.29 is 0 Å². The van der Waals surface area contributed by atoms with E-state index in [4.69, 9.17) is 0 Å². The molecule has 0 saturated heterocycles. The van der Waals surface area contributed by atoms with Crippen LogP contribution >= 0.6 is 0 Å². The Hall–Kier alpha value is -0.300. The lowest BCUT2D eigenvalue weighted by Crippen LogP contribution is -2.34. The lowest BCUT2D eigenvalue weighted by atomic mass is 9.72. The predicted octanol–water partition coefficient (Wildman–Crippen LogP) is 5.42. The number of hydrogen-bond acceptors (Lipinski definition) is 1. The molecule has 0 amide bonds. The topological polar surface area (TPSA) is 12.0 Å². The number of hydrogen-bond donors (Lipinski definition) is 1. The summed E-state index contributed by atoms with van der Waals surface area (Å²) in [5.74, 6) is 3.64. The zero-order valence-electron chi connectivity index (χ0n) is 14.2. The van der Waals surface area contributed by atoms with Crippen molar-refractivity contribution in [1.82, 2.24) is 5.32 Å². The largest absolute Gasteiger partial charge is 0.316 e. The molecule has 1 saturated carbocycles. The first-order valence-electron chi connectivity index (χ1n) is 8.95. The van der Waals surface area contributed by atoms with Crippen LogP contribution < -0.4 is 5.32 Å². The van der Waals surface area contributed by atoms with Crippen LogP contribution in [0.4, 0.5) is 0 Å². The summed E-state index contributed by atoms with van der Waals surface area (Å²) in [4.78, 5) is 0. The monoisotopic (exact) mass is 279 g/mol. The molecule has 0 heterocycles. The maximum atomic E-state index is 3.81. The van der Waals surface area contributed by atoms with Gasteiger partial charge in [-0.3, -0.25) is 0 Å². The summed E-state index contributed by atoms with van der Waals surface area (Å²) in [5, 5.41) is 3.70. The molecule has 1 fully saturated rings. The average Bonchev–Trinajstić information content (AvgIpc) is 2.40. The predicted molar refractivity (Wildman–Crippen MR) is 91.0 cm³/mol. The highest BCUT2D eigenvalue weighted by Crippen LogP contribution is 2.36. The quantitative estimate of drug-likeness (QED) is 0.416. The van der Waals surface area contributed by atoms with E-state index >= 15 is 0 Å². The molecule has 1 aliphatic carbocycles. The van der Waals surface area contributed by atoms with Crippen molar-refractivity contribution >= 4 is 0 Å². The summed E-state index contributed by atoms with van der Waals surface area (Å²) in [6.07, 6.45) is 13.2. The van der Waals surface area contributed by atoms with E-state index in [-0.39, 0.29) is 0 Å². The van der Waals surface area contributed by atoms with Gasteiger partial charge in [0.2, 0.25) is 0 Å². The van der Waals surface area contributed by atoms with Gasteiger partial charge in [0.15, 0.2) is 0 Å². The van der Waals surface area contributed by atoms with Crippen molar-refractivity contribution in [3.05, 3.63) is 12.7 Å². The third kappa shape index (κ3) is 7.47. The first-order chi connectivity index (χ1) is 9.63. The van der Waals surface area contributed by atoms with Crippen LogP contribution in [0.15, 0.2) is 12.7 Å². The zero-order valence-corrected chi connectivity index (χ0v) is 14.2. The third-order valence-electron chi connectivity index (χ3n) is 4.84. The zero-order chi connectivity index (χ0) is 14.8. The molecule has 0 radical (unpaired) electrons. The molecule has 1 rings (SSSR count). The van der Waals surface area contributed by atoms with Gasteiger partial charge in [0.05, 0.1) is 0 Å². The van der Waals surface area contributed by atoms with Crippen molar-refractivity contribution in [1.29, 1.82) is 0 Å². The molecule has 3 atom stereocenters. The number of allylic oxidation sites excluding steroid dienone is 1. The molecule has 0 aromatic carbocycles. The SMILES string of the molecule is C=CCCCCCC1CC(C)CCC1CNCC(C)C. The van der Waals surface area contributed by atoms with E-state index in [2.05, 4.69) is 38.7 Å². The molecule has 20 heavy (non-hydrogen) atoms. The summed E-state index contributed by atoms with van der Waals surface area (Å²) >= 11 is 0. The van der Waals surface area contributed by atoms with Crippen molar-refractivity contribution in [3.8, 4) is 0 Å². The lowest BCUT2D eigenvalue weighted by molar-refractivity contribution is 0.170. The van der Waals surface area contributed by atoms with E-state index in [1.54, 1.807) is 0 Å². The second-order valence-corrected chi connectivity index (χ2v) is 7.42. The summed E-state index contributed by atoms with van der Waals surface area (Å²) in [7, 11) is 0. The van der Waals surface area contributed by atoms with E-state index in [9.17, 15) is 0 Å². The van der Waals surface area contributed by atoms with E-state index in [0.29, 0.717) is 0 Å². The Bertz CT molecular complexity index is 246. The first-order valence-corrected chi connectivity index (χ1v) is 8.95. The molecule has 1 N–H and O–H groups in total. The molecular formula is C19H37N. The number of rotatable bonds is 10. The van der Waals surface area contributed by atoms with Crippen LogP contribution in [0, 0.1) is 23.7 Å². The van der Waals surface area contributed by atoms with E-state index in [1.807, 2.05) is 0 Å². The molecule has 1 heteroatoms. The average molecular weight is 280 g/mol. The van der Waals surface area contributed by atoms with Gasteiger partial charge in [-0.15, -0.1) is 6.58 Å². The van der Waals surface area contributed by atoms with E-state index in [1.165, 1.54) is 64.5 Å². The minimum atomic E-state index is 0.773. The molecular weight excluding hydrogens is 242 g/mol. The van der Waals surface area contributed by atoms with Gasteiger partial charge in [-0.1, -0.05) is 52.5 Å². The van der Waals surface area contributed by atoms with Crippen LogP contribution in [0.2, 0.25) is 0 Å². The Labute approximate surface area is 127 Å². The standard InChI is InChI=1S/C19H37N/c1-5-6-7-8-9-10-18-13-17(4)11-12-19(18)15-20-14-16(2)3/h5,16-20H,1,6-15H2,2-4H3. The lowest BCUT2D eigenvalue weighted by Gasteiger charge is -2.35. The summed E-state index contributed by atoms with van der Waals surface area (Å²) < 4.78 is 0. The fourth-order valence-electron chi connectivity index (χ4n) is 3.61. The van der Waals surface area contributed by atoms with Crippen molar-refractivity contribution in [2.45, 2.75) is 72.1 Å². The highest BCUT2D eigenvalue weighted by Gasteiger charge is 2.27. The number of unbranched alkanes of at least 4 members (excludes halogenated alkanes) is 3. The maximum Gasteiger partial charge on any atom is -0.00178 e. The fraction of sp³-hybridized carbons (Fsp3) is 0.895. The van der Waals surface area contributed by atoms with Crippen LogP contribution in [-0.4, -0.2) is 13.1 Å². The summed E-state index contributed by atoms with van der Waals surface area (Å²) in [6.45, 7) is 13.3. The van der Waals surface area contributed by atoms with Gasteiger partial charge in [-0.25, -0.2) is 0 Å². The second-order valence-electron chi connectivity index (χ2n) is 7.42. The first kappa shape index (κ1) is 17.8. The fourth-order valence-corrected chi connectivity index (χ4v) is 3.61. The molecule has 0 aromatic heterocycles. The van der Waals surface area contributed by atoms with Crippen LogP contribution in [0.3, 0.4) is 0 Å². The Morgan fingerprint density at radius 1 is 1.15 bits per heavy atom. The van der Waals surface area contributed by atoms with Gasteiger partial charge in [-0.05, 0) is 62.4 Å². The molecule has 118 valence electrons. The highest BCUT2D eigenvalue weighted by atomic mass is 14.9. The summed E-state index contributed by atoms with van der Waals surface area (Å²) in [6, 6.07) is 0. The van der Waals surface area contributed by atoms with Gasteiger partial charge in [0, 0.05) is 0 Å². The van der Waals surface area contributed by atoms with Gasteiger partial charge in [0.25, 0.3) is 0 Å². The second kappa shape index (κ2) is 10.4. The van der Waals surface area contributed by atoms with E-state index in [0.717, 1.165) is 23.7 Å². The Balaban J connectivity index is 2.26. The minimum absolute atomic E-state index is 0.773. The third-order valence-corrected chi connectivity index (χ3v) is 4.84. The molecule has 0 aromatic rings. The van der Waals surface area contributed by atoms with Crippen LogP contribution in [0.25, 0.3) is 0 Å². The van der Waals surface area contributed by atoms with Crippen LogP contribution in [-0.2, 0) is 0 Å². The smallest absolute Gasteiger partial charge is 0.00178 e. The van der Waals surface area contributed by atoms with Gasteiger partial charge < -0.3 is 5.32 Å².